The lowest BCUT2D eigenvalue weighted by molar-refractivity contribution is -0.131. The van der Waals surface area contributed by atoms with Crippen LogP contribution in [0.25, 0.3) is 0 Å². The Morgan fingerprint density at radius 3 is 2.61 bits per heavy atom. The first-order chi connectivity index (χ1) is 14.9. The van der Waals surface area contributed by atoms with Crippen molar-refractivity contribution in [3.05, 3.63) is 41.1 Å². The Morgan fingerprint density at radius 2 is 1.90 bits per heavy atom. The maximum absolute atomic E-state index is 13.0. The summed E-state index contributed by atoms with van der Waals surface area (Å²) in [7, 11) is 7.80. The van der Waals surface area contributed by atoms with E-state index in [4.69, 9.17) is 14.7 Å². The fourth-order valence-electron chi connectivity index (χ4n) is 4.18. The van der Waals surface area contributed by atoms with Gasteiger partial charge in [0.2, 0.25) is 11.9 Å². The molecule has 8 heteroatoms. The number of ether oxygens (including phenoxy) is 1. The van der Waals surface area contributed by atoms with Gasteiger partial charge in [0.25, 0.3) is 0 Å². The van der Waals surface area contributed by atoms with Gasteiger partial charge in [-0.1, -0.05) is 12.1 Å². The number of benzene rings is 1. The number of methoxy groups -OCH3 is 1. The molecule has 0 unspecified atom stereocenters. The van der Waals surface area contributed by atoms with Gasteiger partial charge in [-0.25, -0.2) is 4.98 Å². The smallest absolute Gasteiger partial charge is 0.227 e. The van der Waals surface area contributed by atoms with Gasteiger partial charge in [0.1, 0.15) is 11.6 Å². The lowest BCUT2D eigenvalue weighted by Crippen LogP contribution is -2.45. The third-order valence-corrected chi connectivity index (χ3v) is 6.08. The minimum Gasteiger partial charge on any atom is -0.497 e. The molecule has 0 bridgehead atoms. The van der Waals surface area contributed by atoms with Gasteiger partial charge in [-0.3, -0.25) is 4.79 Å². The van der Waals surface area contributed by atoms with Crippen LogP contribution in [0.4, 0.5) is 11.8 Å². The van der Waals surface area contributed by atoms with Crippen molar-refractivity contribution < 1.29 is 9.53 Å². The molecule has 0 aliphatic carbocycles. The molecule has 2 aromatic rings. The molecule has 0 saturated carbocycles. The van der Waals surface area contributed by atoms with E-state index in [1.54, 1.807) is 7.11 Å². The predicted octanol–water partition coefficient (Wildman–Crippen LogP) is 1.43. The fourth-order valence-corrected chi connectivity index (χ4v) is 4.18. The van der Waals surface area contributed by atoms with Crippen molar-refractivity contribution >= 4 is 17.7 Å². The van der Waals surface area contributed by atoms with E-state index in [1.165, 1.54) is 0 Å². The molecule has 1 aromatic carbocycles. The molecule has 0 spiro atoms. The highest BCUT2D eigenvalue weighted by atomic mass is 16.5. The molecule has 0 atom stereocenters. The quantitative estimate of drug-likeness (QED) is 0.719. The number of aromatic nitrogens is 2. The molecule has 31 heavy (non-hydrogen) atoms. The van der Waals surface area contributed by atoms with E-state index in [0.717, 1.165) is 66.9 Å². The Labute approximate surface area is 184 Å². The molecule has 2 aliphatic heterocycles. The van der Waals surface area contributed by atoms with Crippen LogP contribution in [0.1, 0.15) is 16.8 Å². The number of nitrogens with zero attached hydrogens (tertiary/aromatic N) is 6. The van der Waals surface area contributed by atoms with Crippen LogP contribution in [-0.4, -0.2) is 86.7 Å². The van der Waals surface area contributed by atoms with E-state index in [-0.39, 0.29) is 5.91 Å². The number of rotatable bonds is 5. The maximum atomic E-state index is 13.0. The van der Waals surface area contributed by atoms with Crippen LogP contribution in [0.2, 0.25) is 0 Å². The summed E-state index contributed by atoms with van der Waals surface area (Å²) in [4.78, 5) is 31.4. The maximum Gasteiger partial charge on any atom is 0.227 e. The topological polar surface area (TPSA) is 65.0 Å². The van der Waals surface area contributed by atoms with Gasteiger partial charge < -0.3 is 24.3 Å². The van der Waals surface area contributed by atoms with E-state index in [1.807, 2.05) is 48.2 Å². The van der Waals surface area contributed by atoms with Gasteiger partial charge >= 0.3 is 0 Å². The minimum absolute atomic E-state index is 0.117. The fraction of sp³-hybridized carbons (Fsp3) is 0.522. The van der Waals surface area contributed by atoms with Crippen molar-refractivity contribution in [3.63, 3.8) is 0 Å². The lowest BCUT2D eigenvalue weighted by atomic mass is 10.0. The zero-order chi connectivity index (χ0) is 22.0. The average molecular weight is 425 g/mol. The summed E-state index contributed by atoms with van der Waals surface area (Å²) in [6, 6.07) is 7.70. The Bertz CT molecular complexity index is 940. The van der Waals surface area contributed by atoms with E-state index in [2.05, 4.69) is 16.8 Å². The lowest BCUT2D eigenvalue weighted by Gasteiger charge is -2.35. The number of likely N-dealkylation sites (N-methyl/N-ethyl adjacent to an activating group) is 1. The van der Waals surface area contributed by atoms with Gasteiger partial charge in [0.15, 0.2) is 0 Å². The van der Waals surface area contributed by atoms with Crippen molar-refractivity contribution in [1.29, 1.82) is 0 Å². The molecule has 1 fully saturated rings. The summed E-state index contributed by atoms with van der Waals surface area (Å²) >= 11 is 0. The molecule has 1 amide bonds. The predicted molar refractivity (Wildman–Crippen MR) is 122 cm³/mol. The number of hydrogen-bond donors (Lipinski definition) is 0. The van der Waals surface area contributed by atoms with Gasteiger partial charge in [-0.2, -0.15) is 4.98 Å². The van der Waals surface area contributed by atoms with Crippen LogP contribution in [0, 0.1) is 0 Å². The van der Waals surface area contributed by atoms with Crippen LogP contribution >= 0.6 is 0 Å². The summed E-state index contributed by atoms with van der Waals surface area (Å²) < 4.78 is 5.28. The SMILES string of the molecule is COc1cccc(CC(=O)N2CCc3nc(N4CCN(C)CC4)nc(N(C)C)c3C2)c1. The summed E-state index contributed by atoms with van der Waals surface area (Å²) in [5.74, 6) is 2.62. The largest absolute Gasteiger partial charge is 0.497 e. The highest BCUT2D eigenvalue weighted by Gasteiger charge is 2.28. The van der Waals surface area contributed by atoms with Crippen molar-refractivity contribution in [2.75, 3.05) is 70.8 Å². The zero-order valence-corrected chi connectivity index (χ0v) is 19.0. The van der Waals surface area contributed by atoms with Crippen LogP contribution in [0.3, 0.4) is 0 Å². The van der Waals surface area contributed by atoms with E-state index in [0.29, 0.717) is 19.5 Å². The Hall–Kier alpha value is -2.87. The van der Waals surface area contributed by atoms with Gasteiger partial charge in [0.05, 0.1) is 25.8 Å². The summed E-state index contributed by atoms with van der Waals surface area (Å²) in [5, 5.41) is 0. The van der Waals surface area contributed by atoms with E-state index < -0.39 is 0 Å². The van der Waals surface area contributed by atoms with Crippen LogP contribution in [0.5, 0.6) is 5.75 Å². The van der Waals surface area contributed by atoms with Crippen LogP contribution < -0.4 is 14.5 Å². The Morgan fingerprint density at radius 1 is 1.13 bits per heavy atom. The molecule has 0 N–H and O–H groups in total. The minimum atomic E-state index is 0.117. The van der Waals surface area contributed by atoms with Gasteiger partial charge in [-0.05, 0) is 24.7 Å². The third kappa shape index (κ3) is 4.74. The number of amides is 1. The normalized spacial score (nSPS) is 16.8. The van der Waals surface area contributed by atoms with Gasteiger partial charge in [-0.15, -0.1) is 0 Å². The number of carbonyl (C=O) groups is 1. The summed E-state index contributed by atoms with van der Waals surface area (Å²) in [5.41, 5.74) is 3.09. The number of anilines is 2. The van der Waals surface area contributed by atoms with Crippen LogP contribution in [-0.2, 0) is 24.2 Å². The average Bonchev–Trinajstić information content (AvgIpc) is 2.78. The molecule has 166 valence electrons. The zero-order valence-electron chi connectivity index (χ0n) is 19.0. The molecule has 2 aliphatic rings. The number of carbonyl (C=O) groups excluding carboxylic acids is 1. The molecular weight excluding hydrogens is 392 g/mol. The molecule has 0 radical (unpaired) electrons. The third-order valence-electron chi connectivity index (χ3n) is 6.08. The highest BCUT2D eigenvalue weighted by Crippen LogP contribution is 2.29. The van der Waals surface area contributed by atoms with Crippen LogP contribution in [0.15, 0.2) is 24.3 Å². The van der Waals surface area contributed by atoms with E-state index in [9.17, 15) is 4.79 Å². The second-order valence-electron chi connectivity index (χ2n) is 8.55. The molecule has 1 aromatic heterocycles. The number of piperazine rings is 1. The first-order valence-corrected chi connectivity index (χ1v) is 10.9. The molecule has 8 nitrogen and oxygen atoms in total. The van der Waals surface area contributed by atoms with Crippen molar-refractivity contribution in [3.8, 4) is 5.75 Å². The molecular formula is C23H32N6O2. The number of fused-ring (bicyclic) bond motifs is 1. The molecule has 4 rings (SSSR count). The molecule has 3 heterocycles. The standard InChI is InChI=1S/C23H32N6O2/c1-26(2)22-19-16-29(21(30)15-17-6-5-7-18(14-17)31-4)9-8-20(19)24-23(25-22)28-12-10-27(3)11-13-28/h5-7,14H,8-13,15-16H2,1-4H3. The second kappa shape index (κ2) is 9.09. The van der Waals surface area contributed by atoms with Crippen molar-refractivity contribution in [1.82, 2.24) is 19.8 Å². The number of hydrogen-bond acceptors (Lipinski definition) is 7. The summed E-state index contributed by atoms with van der Waals surface area (Å²) in [6.45, 7) is 5.14. The van der Waals surface area contributed by atoms with Crippen molar-refractivity contribution in [2.24, 2.45) is 0 Å². The summed E-state index contributed by atoms with van der Waals surface area (Å²) in [6.07, 6.45) is 1.12. The Kier molecular flexibility index (Phi) is 6.27. The highest BCUT2D eigenvalue weighted by molar-refractivity contribution is 5.79. The first kappa shape index (κ1) is 21.4. The first-order valence-electron chi connectivity index (χ1n) is 10.9. The molecule has 1 saturated heterocycles. The Balaban J connectivity index is 1.53. The van der Waals surface area contributed by atoms with Gasteiger partial charge in [0, 0.05) is 58.8 Å². The van der Waals surface area contributed by atoms with E-state index >= 15 is 0 Å². The van der Waals surface area contributed by atoms with Crippen molar-refractivity contribution in [2.45, 2.75) is 19.4 Å². The monoisotopic (exact) mass is 424 g/mol. The second-order valence-corrected chi connectivity index (χ2v) is 8.55.